The quantitative estimate of drug-likeness (QED) is 0.452. The molecule has 2 atom stereocenters. The van der Waals surface area contributed by atoms with Gasteiger partial charge in [0.1, 0.15) is 24.5 Å². The zero-order valence-corrected chi connectivity index (χ0v) is 14.9. The lowest BCUT2D eigenvalue weighted by molar-refractivity contribution is -0.917. The molecule has 0 aliphatic carbocycles. The Balaban J connectivity index is 1.82. The van der Waals surface area contributed by atoms with E-state index in [1.54, 1.807) is 0 Å². The van der Waals surface area contributed by atoms with Gasteiger partial charge in [0.2, 0.25) is 6.33 Å². The van der Waals surface area contributed by atoms with Crippen molar-refractivity contribution in [1.82, 2.24) is 4.57 Å². The highest BCUT2D eigenvalue weighted by Gasteiger charge is 2.31. The number of aromatic nitrogens is 2. The number of benzene rings is 1. The summed E-state index contributed by atoms with van der Waals surface area (Å²) in [6.45, 7) is 4.26. The van der Waals surface area contributed by atoms with Crippen LogP contribution in [0.1, 0.15) is 31.4 Å². The zero-order chi connectivity index (χ0) is 16.9. The lowest BCUT2D eigenvalue weighted by Crippen LogP contribution is -2.50. The highest BCUT2D eigenvalue weighted by Crippen LogP contribution is 2.24. The number of aliphatic hydroxyl groups excluding tert-OH is 1. The summed E-state index contributed by atoms with van der Waals surface area (Å²) in [5, 5.41) is 10.6. The summed E-state index contributed by atoms with van der Waals surface area (Å²) in [4.78, 5) is 0. The molecule has 2 rings (SSSR count). The van der Waals surface area contributed by atoms with E-state index in [1.165, 1.54) is 0 Å². The maximum atomic E-state index is 10.6. The largest absolute Gasteiger partial charge is 0.382 e. The van der Waals surface area contributed by atoms with Crippen molar-refractivity contribution in [3.63, 3.8) is 0 Å². The van der Waals surface area contributed by atoms with Gasteiger partial charge in [-0.3, -0.25) is 0 Å². The van der Waals surface area contributed by atoms with Crippen molar-refractivity contribution in [3.05, 3.63) is 54.6 Å². The standard InChI is InChI=1S/C19H31N3O/c1-17(19(23)18-10-6-5-7-11-18)22(3,4)15-9-8-12-21-14-13-20(2)16-21/h5-7,10-11,13-14,16-17,19,23H,8-9,12,15H2,1-4H3/q+2/t17-,19-/m0/s1. The van der Waals surface area contributed by atoms with Crippen LogP contribution in [0.4, 0.5) is 0 Å². The fraction of sp³-hybridized carbons (Fsp3) is 0.526. The minimum atomic E-state index is -0.422. The van der Waals surface area contributed by atoms with Gasteiger partial charge in [-0.25, -0.2) is 9.13 Å². The van der Waals surface area contributed by atoms with Crippen molar-refractivity contribution in [2.24, 2.45) is 7.05 Å². The van der Waals surface area contributed by atoms with Crippen LogP contribution < -0.4 is 4.57 Å². The minimum Gasteiger partial charge on any atom is -0.382 e. The van der Waals surface area contributed by atoms with E-state index in [2.05, 4.69) is 48.9 Å². The number of imidazole rings is 1. The predicted molar refractivity (Wildman–Crippen MR) is 92.7 cm³/mol. The predicted octanol–water partition coefficient (Wildman–Crippen LogP) is 2.29. The van der Waals surface area contributed by atoms with Crippen molar-refractivity contribution < 1.29 is 14.2 Å². The Hall–Kier alpha value is -1.65. The number of unbranched alkanes of at least 4 members (excludes halogenated alkanes) is 1. The fourth-order valence-corrected chi connectivity index (χ4v) is 2.96. The van der Waals surface area contributed by atoms with E-state index in [0.717, 1.165) is 36.0 Å². The van der Waals surface area contributed by atoms with Gasteiger partial charge in [-0.15, -0.1) is 0 Å². The first-order chi connectivity index (χ1) is 10.9. The summed E-state index contributed by atoms with van der Waals surface area (Å²) in [6, 6.07) is 10.1. The van der Waals surface area contributed by atoms with Crippen molar-refractivity contribution in [2.75, 3.05) is 20.6 Å². The normalized spacial score (nSPS) is 14.7. The highest BCUT2D eigenvalue weighted by molar-refractivity contribution is 5.18. The third-order valence-corrected chi connectivity index (χ3v) is 4.93. The second-order valence-electron chi connectivity index (χ2n) is 7.12. The second kappa shape index (κ2) is 7.75. The molecule has 0 saturated carbocycles. The van der Waals surface area contributed by atoms with Crippen LogP contribution in [-0.2, 0) is 13.6 Å². The molecule has 1 N–H and O–H groups in total. The highest BCUT2D eigenvalue weighted by atomic mass is 16.3. The van der Waals surface area contributed by atoms with Gasteiger partial charge < -0.3 is 9.59 Å². The maximum absolute atomic E-state index is 10.6. The summed E-state index contributed by atoms with van der Waals surface area (Å²) in [5.41, 5.74) is 1.01. The van der Waals surface area contributed by atoms with E-state index in [1.807, 2.05) is 37.4 Å². The Morgan fingerprint density at radius 2 is 1.87 bits per heavy atom. The average molecular weight is 317 g/mol. The Morgan fingerprint density at radius 3 is 2.48 bits per heavy atom. The number of nitrogens with zero attached hydrogens (tertiary/aromatic N) is 3. The third kappa shape index (κ3) is 4.91. The summed E-state index contributed by atoms with van der Waals surface area (Å²) in [5.74, 6) is 0. The minimum absolute atomic E-state index is 0.168. The van der Waals surface area contributed by atoms with Gasteiger partial charge in [0, 0.05) is 6.42 Å². The Bertz CT molecular complexity index is 592. The van der Waals surface area contributed by atoms with E-state index in [9.17, 15) is 5.11 Å². The molecule has 0 fully saturated rings. The molecule has 2 aromatic rings. The number of quaternary nitrogens is 1. The first kappa shape index (κ1) is 17.7. The van der Waals surface area contributed by atoms with Crippen LogP contribution in [0.15, 0.2) is 49.1 Å². The van der Waals surface area contributed by atoms with Crippen molar-refractivity contribution in [1.29, 1.82) is 0 Å². The number of rotatable bonds is 8. The van der Waals surface area contributed by atoms with Crippen molar-refractivity contribution in [3.8, 4) is 0 Å². The molecule has 1 aromatic heterocycles. The molecule has 0 spiro atoms. The van der Waals surface area contributed by atoms with Crippen LogP contribution in [-0.4, -0.2) is 40.8 Å². The van der Waals surface area contributed by atoms with Crippen LogP contribution in [0, 0.1) is 0 Å². The first-order valence-corrected chi connectivity index (χ1v) is 8.47. The van der Waals surface area contributed by atoms with Crippen LogP contribution in [0.5, 0.6) is 0 Å². The first-order valence-electron chi connectivity index (χ1n) is 8.47. The molecule has 0 aliphatic rings. The van der Waals surface area contributed by atoms with Gasteiger partial charge in [-0.05, 0) is 18.9 Å². The van der Waals surface area contributed by atoms with E-state index in [4.69, 9.17) is 0 Å². The maximum Gasteiger partial charge on any atom is 0.243 e. The molecule has 4 heteroatoms. The van der Waals surface area contributed by atoms with Crippen molar-refractivity contribution >= 4 is 0 Å². The lowest BCUT2D eigenvalue weighted by Gasteiger charge is -2.38. The number of aliphatic hydroxyl groups is 1. The molecule has 0 aliphatic heterocycles. The average Bonchev–Trinajstić information content (AvgIpc) is 2.96. The molecule has 1 heterocycles. The lowest BCUT2D eigenvalue weighted by atomic mass is 10.0. The number of hydrogen-bond acceptors (Lipinski definition) is 1. The molecular formula is C19H31N3O+2. The molecule has 1 aromatic carbocycles. The second-order valence-corrected chi connectivity index (χ2v) is 7.12. The van der Waals surface area contributed by atoms with Gasteiger partial charge in [-0.2, -0.15) is 0 Å². The van der Waals surface area contributed by atoms with Crippen LogP contribution in [0.25, 0.3) is 0 Å². The van der Waals surface area contributed by atoms with E-state index in [0.29, 0.717) is 0 Å². The summed E-state index contributed by atoms with van der Waals surface area (Å²) in [7, 11) is 6.47. The van der Waals surface area contributed by atoms with Crippen molar-refractivity contribution in [2.45, 2.75) is 38.5 Å². The zero-order valence-electron chi connectivity index (χ0n) is 14.9. The van der Waals surface area contributed by atoms with Gasteiger partial charge in [-0.1, -0.05) is 30.3 Å². The smallest absolute Gasteiger partial charge is 0.243 e. The molecule has 0 bridgehead atoms. The Labute approximate surface area is 140 Å². The Kier molecular flexibility index (Phi) is 5.97. The van der Waals surface area contributed by atoms with E-state index >= 15 is 0 Å². The van der Waals surface area contributed by atoms with Gasteiger partial charge in [0.05, 0.1) is 34.2 Å². The topological polar surface area (TPSA) is 29.0 Å². The van der Waals surface area contributed by atoms with E-state index in [-0.39, 0.29) is 6.04 Å². The molecule has 4 nitrogen and oxygen atoms in total. The molecule has 0 radical (unpaired) electrons. The summed E-state index contributed by atoms with van der Waals surface area (Å²) in [6.07, 6.45) is 8.18. The molecular weight excluding hydrogens is 286 g/mol. The van der Waals surface area contributed by atoms with E-state index < -0.39 is 6.10 Å². The molecule has 0 saturated heterocycles. The SMILES string of the molecule is C[C@@H]([C@H](O)c1ccccc1)[N+](C)(C)CCCCn1cc[n+](C)c1. The van der Waals surface area contributed by atoms with Gasteiger partial charge in [0.25, 0.3) is 0 Å². The van der Waals surface area contributed by atoms with Gasteiger partial charge in [0.15, 0.2) is 0 Å². The Morgan fingerprint density at radius 1 is 1.17 bits per heavy atom. The third-order valence-electron chi connectivity index (χ3n) is 4.93. The van der Waals surface area contributed by atoms with Crippen LogP contribution in [0.3, 0.4) is 0 Å². The molecule has 126 valence electrons. The summed E-state index contributed by atoms with van der Waals surface area (Å²) >= 11 is 0. The number of likely N-dealkylation sites (N-methyl/N-ethyl adjacent to an activating group) is 1. The number of hydrogen-bond donors (Lipinski definition) is 1. The fourth-order valence-electron chi connectivity index (χ4n) is 2.96. The monoisotopic (exact) mass is 317 g/mol. The van der Waals surface area contributed by atoms with Crippen LogP contribution in [0.2, 0.25) is 0 Å². The molecule has 0 unspecified atom stereocenters. The number of aryl methyl sites for hydroxylation is 2. The molecule has 0 amide bonds. The molecule has 23 heavy (non-hydrogen) atoms. The van der Waals surface area contributed by atoms with Crippen LogP contribution >= 0.6 is 0 Å². The van der Waals surface area contributed by atoms with Gasteiger partial charge >= 0.3 is 0 Å². The summed E-state index contributed by atoms with van der Waals surface area (Å²) < 4.78 is 5.12.